The number of carbonyl (C=O) groups excluding carboxylic acids is 1. The van der Waals surface area contributed by atoms with Crippen molar-refractivity contribution in [3.8, 4) is 0 Å². The van der Waals surface area contributed by atoms with Gasteiger partial charge in [-0.1, -0.05) is 5.16 Å². The van der Waals surface area contributed by atoms with E-state index in [4.69, 9.17) is 4.52 Å². The Kier molecular flexibility index (Phi) is 2.86. The molecule has 1 unspecified atom stereocenters. The molecule has 0 saturated heterocycles. The van der Waals surface area contributed by atoms with E-state index in [1.807, 2.05) is 22.6 Å². The van der Waals surface area contributed by atoms with E-state index in [1.165, 1.54) is 0 Å². The summed E-state index contributed by atoms with van der Waals surface area (Å²) in [5, 5.41) is 3.67. The maximum absolute atomic E-state index is 9.91. The number of alkyl halides is 1. The Hall–Kier alpha value is -0.590. The molecule has 0 radical (unpaired) electrons. The Labute approximate surface area is 77.0 Å². The van der Waals surface area contributed by atoms with Gasteiger partial charge in [0.25, 0.3) is 6.47 Å². The number of aryl methyl sites for hydroxylation is 1. The molecule has 11 heavy (non-hydrogen) atoms. The van der Waals surface area contributed by atoms with Gasteiger partial charge in [0.15, 0.2) is 4.11 Å². The van der Waals surface area contributed by atoms with Crippen LogP contribution in [-0.2, 0) is 9.53 Å². The second-order valence-corrected chi connectivity index (χ2v) is 3.04. The van der Waals surface area contributed by atoms with Crippen LogP contribution in [-0.4, -0.2) is 11.6 Å². The van der Waals surface area contributed by atoms with Crippen LogP contribution < -0.4 is 0 Å². The zero-order valence-electron chi connectivity index (χ0n) is 5.78. The van der Waals surface area contributed by atoms with E-state index in [-0.39, 0.29) is 4.11 Å². The first-order valence-corrected chi connectivity index (χ1v) is 4.15. The fourth-order valence-electron chi connectivity index (χ4n) is 0.611. The van der Waals surface area contributed by atoms with Crippen molar-refractivity contribution in [3.63, 3.8) is 0 Å². The number of halogens is 1. The van der Waals surface area contributed by atoms with Gasteiger partial charge in [-0.2, -0.15) is 0 Å². The van der Waals surface area contributed by atoms with Gasteiger partial charge in [-0.15, -0.1) is 0 Å². The highest BCUT2D eigenvalue weighted by atomic mass is 127. The monoisotopic (exact) mass is 267 g/mol. The number of carbonyl (C=O) groups is 1. The lowest BCUT2D eigenvalue weighted by molar-refractivity contribution is -0.129. The van der Waals surface area contributed by atoms with Crippen LogP contribution in [0.15, 0.2) is 10.6 Å². The molecule has 1 heterocycles. The lowest BCUT2D eigenvalue weighted by Crippen LogP contribution is -1.93. The van der Waals surface area contributed by atoms with Gasteiger partial charge in [0.2, 0.25) is 0 Å². The third-order valence-electron chi connectivity index (χ3n) is 1.05. The highest BCUT2D eigenvalue weighted by molar-refractivity contribution is 14.1. The second kappa shape index (κ2) is 3.70. The molecule has 1 atom stereocenters. The summed E-state index contributed by atoms with van der Waals surface area (Å²) in [4.78, 5) is 9.91. The molecule has 0 aliphatic carbocycles. The van der Waals surface area contributed by atoms with Gasteiger partial charge >= 0.3 is 0 Å². The first kappa shape index (κ1) is 8.51. The van der Waals surface area contributed by atoms with Gasteiger partial charge < -0.3 is 9.26 Å². The van der Waals surface area contributed by atoms with E-state index in [2.05, 4.69) is 9.89 Å². The molecule has 1 aromatic rings. The Bertz CT molecular complexity index is 248. The number of rotatable bonds is 3. The number of hydrogen-bond acceptors (Lipinski definition) is 4. The number of aromatic nitrogens is 1. The zero-order chi connectivity index (χ0) is 8.27. The van der Waals surface area contributed by atoms with Crippen LogP contribution >= 0.6 is 22.6 Å². The highest BCUT2D eigenvalue weighted by Crippen LogP contribution is 2.22. The Morgan fingerprint density at radius 3 is 3.09 bits per heavy atom. The fraction of sp³-hybridized carbons (Fsp3) is 0.333. The van der Waals surface area contributed by atoms with Gasteiger partial charge in [0.1, 0.15) is 11.5 Å². The molecule has 0 aromatic carbocycles. The summed E-state index contributed by atoms with van der Waals surface area (Å²) in [6, 6.07) is 1.72. The molecule has 0 aliphatic rings. The van der Waals surface area contributed by atoms with Crippen molar-refractivity contribution in [1.82, 2.24) is 5.16 Å². The summed E-state index contributed by atoms with van der Waals surface area (Å²) in [6.07, 6.45) is 0. The molecule has 4 nitrogen and oxygen atoms in total. The van der Waals surface area contributed by atoms with Crippen LogP contribution in [0.4, 0.5) is 0 Å². The molecule has 1 aromatic heterocycles. The lowest BCUT2D eigenvalue weighted by Gasteiger charge is -2.00. The van der Waals surface area contributed by atoms with Crippen LogP contribution in [0.2, 0.25) is 0 Å². The van der Waals surface area contributed by atoms with Crippen molar-refractivity contribution in [2.45, 2.75) is 11.0 Å². The second-order valence-electron chi connectivity index (χ2n) is 1.91. The van der Waals surface area contributed by atoms with E-state index >= 15 is 0 Å². The standard InChI is InChI=1S/C6H6INO3/c1-4-2-5(8-11-4)6(7)10-3-9/h2-3,6H,1H3. The van der Waals surface area contributed by atoms with Gasteiger partial charge in [0.05, 0.1) is 0 Å². The van der Waals surface area contributed by atoms with Crippen LogP contribution in [0.1, 0.15) is 15.6 Å². The molecule has 0 bridgehead atoms. The van der Waals surface area contributed by atoms with Crippen LogP contribution in [0.3, 0.4) is 0 Å². The van der Waals surface area contributed by atoms with E-state index in [9.17, 15) is 4.79 Å². The molecule has 0 fully saturated rings. The van der Waals surface area contributed by atoms with Crippen LogP contribution in [0.25, 0.3) is 0 Å². The molecule has 0 spiro atoms. The minimum atomic E-state index is -0.359. The van der Waals surface area contributed by atoms with Crippen molar-refractivity contribution in [3.05, 3.63) is 17.5 Å². The molecule has 0 saturated carbocycles. The van der Waals surface area contributed by atoms with Crippen molar-refractivity contribution >= 4 is 29.1 Å². The smallest absolute Gasteiger partial charge is 0.294 e. The normalized spacial score (nSPS) is 12.5. The van der Waals surface area contributed by atoms with Crippen molar-refractivity contribution in [2.24, 2.45) is 0 Å². The predicted octanol–water partition coefficient (Wildman–Crippen LogP) is 1.59. The first-order chi connectivity index (χ1) is 5.24. The Morgan fingerprint density at radius 2 is 2.64 bits per heavy atom. The maximum atomic E-state index is 9.91. The largest absolute Gasteiger partial charge is 0.447 e. The molecule has 0 N–H and O–H groups in total. The first-order valence-electron chi connectivity index (χ1n) is 2.90. The van der Waals surface area contributed by atoms with E-state index in [0.29, 0.717) is 17.9 Å². The quantitative estimate of drug-likeness (QED) is 0.474. The molecule has 0 aliphatic heterocycles. The number of ether oxygens (including phenoxy) is 1. The molecule has 0 amide bonds. The number of nitrogens with zero attached hydrogens (tertiary/aromatic N) is 1. The van der Waals surface area contributed by atoms with Gasteiger partial charge in [0, 0.05) is 6.07 Å². The third-order valence-corrected chi connectivity index (χ3v) is 1.99. The van der Waals surface area contributed by atoms with Gasteiger partial charge in [-0.05, 0) is 29.5 Å². The minimum absolute atomic E-state index is 0.359. The summed E-state index contributed by atoms with van der Waals surface area (Å²) in [7, 11) is 0. The average molecular weight is 267 g/mol. The molecule has 5 heteroatoms. The zero-order valence-corrected chi connectivity index (χ0v) is 7.94. The van der Waals surface area contributed by atoms with Gasteiger partial charge in [-0.25, -0.2) is 0 Å². The van der Waals surface area contributed by atoms with Crippen molar-refractivity contribution in [1.29, 1.82) is 0 Å². The van der Waals surface area contributed by atoms with E-state index in [0.717, 1.165) is 0 Å². The third kappa shape index (κ3) is 2.18. The maximum Gasteiger partial charge on any atom is 0.294 e. The summed E-state index contributed by atoms with van der Waals surface area (Å²) in [5.74, 6) is 0.705. The summed E-state index contributed by atoms with van der Waals surface area (Å²) >= 11 is 1.94. The minimum Gasteiger partial charge on any atom is -0.447 e. The molecule has 60 valence electrons. The highest BCUT2D eigenvalue weighted by Gasteiger charge is 2.11. The van der Waals surface area contributed by atoms with E-state index < -0.39 is 0 Å². The van der Waals surface area contributed by atoms with Crippen molar-refractivity contribution in [2.75, 3.05) is 0 Å². The Morgan fingerprint density at radius 1 is 1.91 bits per heavy atom. The molecular weight excluding hydrogens is 261 g/mol. The summed E-state index contributed by atoms with van der Waals surface area (Å²) < 4.78 is 9.05. The summed E-state index contributed by atoms with van der Waals surface area (Å²) in [6.45, 7) is 2.17. The predicted molar refractivity (Wildman–Crippen MR) is 45.2 cm³/mol. The Balaban J connectivity index is 2.67. The SMILES string of the molecule is Cc1cc(C(I)OC=O)no1. The fourth-order valence-corrected chi connectivity index (χ4v) is 1.02. The van der Waals surface area contributed by atoms with Crippen LogP contribution in [0, 0.1) is 6.92 Å². The average Bonchev–Trinajstić information content (AvgIpc) is 2.36. The molecule has 1 rings (SSSR count). The summed E-state index contributed by atoms with van der Waals surface area (Å²) in [5.41, 5.74) is 0.621. The van der Waals surface area contributed by atoms with Crippen LogP contribution in [0.5, 0.6) is 0 Å². The topological polar surface area (TPSA) is 52.3 Å². The lowest BCUT2D eigenvalue weighted by atomic mass is 10.4. The van der Waals surface area contributed by atoms with Crippen molar-refractivity contribution < 1.29 is 14.1 Å². The molecular formula is C6H6INO3. The number of hydrogen-bond donors (Lipinski definition) is 0. The van der Waals surface area contributed by atoms with Gasteiger partial charge in [-0.3, -0.25) is 4.79 Å². The van der Waals surface area contributed by atoms with E-state index in [1.54, 1.807) is 13.0 Å².